The number of nitrogens with zero attached hydrogens (tertiary/aromatic N) is 3. The Bertz CT molecular complexity index is 1070. The van der Waals surface area contributed by atoms with E-state index in [0.717, 1.165) is 54.6 Å². The Hall–Kier alpha value is -1.93. The van der Waals surface area contributed by atoms with E-state index in [1.165, 1.54) is 0 Å². The molecule has 0 amide bonds. The lowest BCUT2D eigenvalue weighted by molar-refractivity contribution is 0.457. The van der Waals surface area contributed by atoms with Gasteiger partial charge in [-0.05, 0) is 37.7 Å². The average Bonchev–Trinajstić information content (AvgIpc) is 3.06. The fourth-order valence-corrected chi connectivity index (χ4v) is 6.10. The highest BCUT2D eigenvalue weighted by molar-refractivity contribution is 7.90. The second kappa shape index (κ2) is 5.79. The number of fused-ring (bicyclic) bond motifs is 3. The van der Waals surface area contributed by atoms with E-state index in [-0.39, 0.29) is 11.3 Å². The summed E-state index contributed by atoms with van der Waals surface area (Å²) in [7, 11) is -3.15. The van der Waals surface area contributed by atoms with Crippen LogP contribution in [0.4, 0.5) is 0 Å². The van der Waals surface area contributed by atoms with Crippen molar-refractivity contribution >= 4 is 26.8 Å². The molecular formula is C18H23N5O2S. The first-order chi connectivity index (χ1) is 12.6. The first-order valence-electron chi connectivity index (χ1n) is 9.37. The minimum Gasteiger partial charge on any atom is -0.345 e. The van der Waals surface area contributed by atoms with Crippen LogP contribution in [0.2, 0.25) is 0 Å². The number of aromatic nitrogens is 4. The molecule has 0 radical (unpaired) electrons. The summed E-state index contributed by atoms with van der Waals surface area (Å²) in [6, 6.07) is 2.04. The summed E-state index contributed by atoms with van der Waals surface area (Å²) in [6.07, 6.45) is 9.96. The van der Waals surface area contributed by atoms with Crippen LogP contribution >= 0.6 is 0 Å². The Balaban J connectivity index is 1.50. The second-order valence-corrected chi connectivity index (χ2v) is 9.64. The molecule has 3 aromatic rings. The summed E-state index contributed by atoms with van der Waals surface area (Å²) in [5, 5.41) is -0.164. The van der Waals surface area contributed by atoms with E-state index in [0.29, 0.717) is 11.8 Å². The van der Waals surface area contributed by atoms with Crippen LogP contribution in [0.1, 0.15) is 50.6 Å². The van der Waals surface area contributed by atoms with Crippen molar-refractivity contribution in [3.63, 3.8) is 0 Å². The van der Waals surface area contributed by atoms with Gasteiger partial charge in [0.05, 0.1) is 17.0 Å². The van der Waals surface area contributed by atoms with E-state index in [1.54, 1.807) is 6.20 Å². The number of rotatable bonds is 5. The van der Waals surface area contributed by atoms with Crippen molar-refractivity contribution in [2.45, 2.75) is 56.2 Å². The van der Waals surface area contributed by atoms with Crippen molar-refractivity contribution in [1.29, 1.82) is 0 Å². The summed E-state index contributed by atoms with van der Waals surface area (Å²) in [5.74, 6) is 0.742. The summed E-state index contributed by atoms with van der Waals surface area (Å²) in [6.45, 7) is 2.19. The molecule has 3 aromatic heterocycles. The largest absolute Gasteiger partial charge is 0.345 e. The zero-order valence-corrected chi connectivity index (χ0v) is 15.5. The molecule has 0 saturated heterocycles. The van der Waals surface area contributed by atoms with Gasteiger partial charge < -0.3 is 4.98 Å². The molecule has 0 bridgehead atoms. The van der Waals surface area contributed by atoms with E-state index >= 15 is 0 Å². The van der Waals surface area contributed by atoms with Crippen molar-refractivity contribution < 1.29 is 8.42 Å². The van der Waals surface area contributed by atoms with Gasteiger partial charge in [0.2, 0.25) is 10.0 Å². The Morgan fingerprint density at radius 1 is 1.27 bits per heavy atom. The molecule has 138 valence electrons. The van der Waals surface area contributed by atoms with Crippen molar-refractivity contribution in [1.82, 2.24) is 24.1 Å². The van der Waals surface area contributed by atoms with Crippen LogP contribution in [0.5, 0.6) is 0 Å². The predicted octanol–water partition coefficient (Wildman–Crippen LogP) is 2.56. The SMILES string of the molecule is CC[C@H]1C[C@@H](NS(=O)(=O)C2CC2)C[C@@H]1c1cnc2cnc3[nH]ccc3n12. The Kier molecular flexibility index (Phi) is 3.62. The second-order valence-electron chi connectivity index (χ2n) is 7.65. The minimum absolute atomic E-state index is 0.0182. The quantitative estimate of drug-likeness (QED) is 0.719. The maximum absolute atomic E-state index is 12.3. The smallest absolute Gasteiger partial charge is 0.214 e. The van der Waals surface area contributed by atoms with Crippen LogP contribution in [-0.4, -0.2) is 39.1 Å². The monoisotopic (exact) mass is 373 g/mol. The van der Waals surface area contributed by atoms with E-state index in [9.17, 15) is 8.42 Å². The lowest BCUT2D eigenvalue weighted by Gasteiger charge is -2.17. The van der Waals surface area contributed by atoms with Gasteiger partial charge in [0.1, 0.15) is 0 Å². The molecule has 2 aliphatic carbocycles. The first kappa shape index (κ1) is 16.3. The van der Waals surface area contributed by atoms with Crippen molar-refractivity contribution in [3.05, 3.63) is 30.4 Å². The van der Waals surface area contributed by atoms with Crippen LogP contribution < -0.4 is 4.72 Å². The molecule has 5 rings (SSSR count). The predicted molar refractivity (Wildman–Crippen MR) is 99.5 cm³/mol. The summed E-state index contributed by atoms with van der Waals surface area (Å²) >= 11 is 0. The number of nitrogens with one attached hydrogen (secondary N) is 2. The number of imidazole rings is 1. The third-order valence-corrected chi connectivity index (χ3v) is 7.97. The van der Waals surface area contributed by atoms with Crippen LogP contribution in [0.15, 0.2) is 24.7 Å². The van der Waals surface area contributed by atoms with E-state index < -0.39 is 10.0 Å². The number of H-pyrrole nitrogens is 1. The van der Waals surface area contributed by atoms with Gasteiger partial charge >= 0.3 is 0 Å². The fraction of sp³-hybridized carbons (Fsp3) is 0.556. The highest BCUT2D eigenvalue weighted by atomic mass is 32.2. The maximum atomic E-state index is 12.3. The normalized spacial score (nSPS) is 26.9. The highest BCUT2D eigenvalue weighted by Crippen LogP contribution is 2.43. The molecule has 2 N–H and O–H groups in total. The average molecular weight is 373 g/mol. The van der Waals surface area contributed by atoms with Gasteiger partial charge in [-0.25, -0.2) is 23.1 Å². The van der Waals surface area contributed by atoms with Crippen LogP contribution in [0.3, 0.4) is 0 Å². The Labute approximate surface area is 152 Å². The van der Waals surface area contributed by atoms with Gasteiger partial charge in [0, 0.05) is 30.0 Å². The zero-order valence-electron chi connectivity index (χ0n) is 14.7. The molecule has 2 aliphatic rings. The number of hydrogen-bond donors (Lipinski definition) is 2. The van der Waals surface area contributed by atoms with Gasteiger partial charge in [-0.15, -0.1) is 0 Å². The maximum Gasteiger partial charge on any atom is 0.214 e. The molecule has 3 atom stereocenters. The lowest BCUT2D eigenvalue weighted by Crippen LogP contribution is -2.35. The molecule has 0 aliphatic heterocycles. The Morgan fingerprint density at radius 3 is 2.88 bits per heavy atom. The van der Waals surface area contributed by atoms with E-state index in [1.807, 2.05) is 18.5 Å². The molecule has 2 saturated carbocycles. The molecule has 0 unspecified atom stereocenters. The van der Waals surface area contributed by atoms with Gasteiger partial charge in [0.15, 0.2) is 11.3 Å². The molecule has 7 nitrogen and oxygen atoms in total. The van der Waals surface area contributed by atoms with Crippen LogP contribution in [0, 0.1) is 5.92 Å². The van der Waals surface area contributed by atoms with Crippen molar-refractivity contribution in [3.8, 4) is 0 Å². The summed E-state index contributed by atoms with van der Waals surface area (Å²) < 4.78 is 29.8. The minimum atomic E-state index is -3.15. The van der Waals surface area contributed by atoms with Gasteiger partial charge in [0.25, 0.3) is 0 Å². The van der Waals surface area contributed by atoms with Gasteiger partial charge in [-0.3, -0.25) is 4.40 Å². The van der Waals surface area contributed by atoms with Gasteiger partial charge in [-0.2, -0.15) is 0 Å². The summed E-state index contributed by atoms with van der Waals surface area (Å²) in [4.78, 5) is 12.1. The van der Waals surface area contributed by atoms with Crippen LogP contribution in [0.25, 0.3) is 16.8 Å². The van der Waals surface area contributed by atoms with Crippen molar-refractivity contribution in [2.24, 2.45) is 5.92 Å². The van der Waals surface area contributed by atoms with Crippen LogP contribution in [-0.2, 0) is 10.0 Å². The molecule has 0 aromatic carbocycles. The molecule has 2 fully saturated rings. The standard InChI is InChI=1S/C18H23N5O2S/c1-2-11-7-12(22-26(24,25)13-3-4-13)8-14(11)16-9-20-17-10-21-18-15(23(16)17)5-6-19-18/h5-6,9-14,19,22H,2-4,7-8H2,1H3/t11-,12+,14-/m0/s1. The number of sulfonamides is 1. The molecule has 3 heterocycles. The Morgan fingerprint density at radius 2 is 2.12 bits per heavy atom. The first-order valence-corrected chi connectivity index (χ1v) is 10.9. The number of aromatic amines is 1. The van der Waals surface area contributed by atoms with E-state index in [2.05, 4.69) is 31.0 Å². The molecule has 26 heavy (non-hydrogen) atoms. The molecule has 0 spiro atoms. The third-order valence-electron chi connectivity index (χ3n) is 5.96. The van der Waals surface area contributed by atoms with Gasteiger partial charge in [-0.1, -0.05) is 13.3 Å². The summed E-state index contributed by atoms with van der Waals surface area (Å²) in [5.41, 5.74) is 3.86. The van der Waals surface area contributed by atoms with E-state index in [4.69, 9.17) is 0 Å². The number of hydrogen-bond acceptors (Lipinski definition) is 4. The highest BCUT2D eigenvalue weighted by Gasteiger charge is 2.41. The van der Waals surface area contributed by atoms with Crippen molar-refractivity contribution in [2.75, 3.05) is 0 Å². The third kappa shape index (κ3) is 2.54. The zero-order chi connectivity index (χ0) is 17.9. The molecular weight excluding hydrogens is 350 g/mol. The topological polar surface area (TPSA) is 92.2 Å². The molecule has 8 heteroatoms. The fourth-order valence-electron chi connectivity index (χ4n) is 4.50. The lowest BCUT2D eigenvalue weighted by atomic mass is 9.91.